The van der Waals surface area contributed by atoms with E-state index in [0.717, 1.165) is 18.3 Å². The van der Waals surface area contributed by atoms with Crippen LogP contribution >= 0.6 is 0 Å². The molecule has 2 aliphatic rings. The molecular formula is C9H12. The van der Waals surface area contributed by atoms with Crippen molar-refractivity contribution in [2.75, 3.05) is 0 Å². The molecule has 0 heteroatoms. The Hall–Kier alpha value is -0.440. The van der Waals surface area contributed by atoms with E-state index in [2.05, 4.69) is 11.8 Å². The van der Waals surface area contributed by atoms with Crippen molar-refractivity contribution < 1.29 is 0 Å². The molecule has 0 nitrogen and oxygen atoms in total. The predicted molar refractivity (Wildman–Crippen MR) is 37.8 cm³/mol. The standard InChI is InChI=1S/C9H12/c1-2-4-6-9-7-8(9)5-3-1/h8-9H,1,3,5-7H2. The molecule has 2 atom stereocenters. The first kappa shape index (κ1) is 5.35. The van der Waals surface area contributed by atoms with Crippen molar-refractivity contribution in [2.24, 2.45) is 11.8 Å². The van der Waals surface area contributed by atoms with Gasteiger partial charge in [-0.25, -0.2) is 0 Å². The maximum Gasteiger partial charge on any atom is 0.0120 e. The monoisotopic (exact) mass is 120 g/mol. The molecule has 2 rings (SSSR count). The second-order valence-electron chi connectivity index (χ2n) is 3.21. The van der Waals surface area contributed by atoms with Crippen molar-refractivity contribution in [3.63, 3.8) is 0 Å². The Morgan fingerprint density at radius 2 is 2.11 bits per heavy atom. The quantitative estimate of drug-likeness (QED) is 0.430. The zero-order chi connectivity index (χ0) is 6.10. The minimum absolute atomic E-state index is 1.01. The van der Waals surface area contributed by atoms with Gasteiger partial charge < -0.3 is 0 Å². The molecule has 0 heterocycles. The van der Waals surface area contributed by atoms with Gasteiger partial charge in [-0.3, -0.25) is 0 Å². The van der Waals surface area contributed by atoms with E-state index in [9.17, 15) is 0 Å². The van der Waals surface area contributed by atoms with Crippen LogP contribution in [0.25, 0.3) is 0 Å². The van der Waals surface area contributed by atoms with Crippen molar-refractivity contribution in [2.45, 2.75) is 32.1 Å². The molecular weight excluding hydrogens is 108 g/mol. The van der Waals surface area contributed by atoms with Crippen LogP contribution in [0.15, 0.2) is 0 Å². The van der Waals surface area contributed by atoms with Crippen LogP contribution in [0, 0.1) is 23.7 Å². The van der Waals surface area contributed by atoms with Crippen LogP contribution in [-0.2, 0) is 0 Å². The predicted octanol–water partition coefficient (Wildman–Crippen LogP) is 2.20. The normalized spacial score (nSPS) is 39.1. The van der Waals surface area contributed by atoms with Gasteiger partial charge in [-0.05, 0) is 31.1 Å². The summed E-state index contributed by atoms with van der Waals surface area (Å²) in [7, 11) is 0. The summed E-state index contributed by atoms with van der Waals surface area (Å²) < 4.78 is 0. The van der Waals surface area contributed by atoms with Gasteiger partial charge >= 0.3 is 0 Å². The van der Waals surface area contributed by atoms with E-state index < -0.39 is 0 Å². The lowest BCUT2D eigenvalue weighted by atomic mass is 10.1. The fraction of sp³-hybridized carbons (Fsp3) is 0.778. The summed E-state index contributed by atoms with van der Waals surface area (Å²) in [5, 5.41) is 0. The third-order valence-corrected chi connectivity index (χ3v) is 2.43. The Bertz CT molecular complexity index is 159. The summed E-state index contributed by atoms with van der Waals surface area (Å²) in [5.41, 5.74) is 0. The Kier molecular flexibility index (Phi) is 1.23. The molecule has 9 heavy (non-hydrogen) atoms. The van der Waals surface area contributed by atoms with Crippen LogP contribution in [0.2, 0.25) is 0 Å². The van der Waals surface area contributed by atoms with E-state index in [-0.39, 0.29) is 0 Å². The molecule has 48 valence electrons. The SMILES string of the molecule is C1#CCC2CC2CCC1. The highest BCUT2D eigenvalue weighted by atomic mass is 14.4. The highest BCUT2D eigenvalue weighted by Crippen LogP contribution is 2.44. The molecule has 1 saturated carbocycles. The lowest BCUT2D eigenvalue weighted by molar-refractivity contribution is 0.618. The summed E-state index contributed by atoms with van der Waals surface area (Å²) in [6, 6.07) is 0. The fourth-order valence-electron chi connectivity index (χ4n) is 1.66. The first-order valence-corrected chi connectivity index (χ1v) is 3.92. The highest BCUT2D eigenvalue weighted by molar-refractivity contribution is 5.06. The summed E-state index contributed by atoms with van der Waals surface area (Å²) in [5.74, 6) is 8.52. The van der Waals surface area contributed by atoms with Gasteiger partial charge in [-0.1, -0.05) is 0 Å². The minimum Gasteiger partial charge on any atom is -0.103 e. The lowest BCUT2D eigenvalue weighted by Crippen LogP contribution is -1.85. The first-order valence-electron chi connectivity index (χ1n) is 3.92. The molecule has 0 aromatic carbocycles. The van der Waals surface area contributed by atoms with Crippen molar-refractivity contribution in [3.8, 4) is 11.8 Å². The fourth-order valence-corrected chi connectivity index (χ4v) is 1.66. The van der Waals surface area contributed by atoms with E-state index in [4.69, 9.17) is 0 Å². The second-order valence-corrected chi connectivity index (χ2v) is 3.21. The average Bonchev–Trinajstić information content (AvgIpc) is 2.46. The zero-order valence-electron chi connectivity index (χ0n) is 5.69. The molecule has 0 aromatic rings. The van der Waals surface area contributed by atoms with E-state index in [1.54, 1.807) is 0 Å². The topological polar surface area (TPSA) is 0 Å². The Morgan fingerprint density at radius 1 is 1.11 bits per heavy atom. The molecule has 0 radical (unpaired) electrons. The summed E-state index contributed by atoms with van der Waals surface area (Å²) in [6.07, 6.45) is 6.65. The Labute approximate surface area is 56.6 Å². The molecule has 2 aliphatic carbocycles. The van der Waals surface area contributed by atoms with Crippen LogP contribution in [0.1, 0.15) is 32.1 Å². The summed E-state index contributed by atoms with van der Waals surface area (Å²) >= 11 is 0. The third-order valence-electron chi connectivity index (χ3n) is 2.43. The summed E-state index contributed by atoms with van der Waals surface area (Å²) in [4.78, 5) is 0. The van der Waals surface area contributed by atoms with Gasteiger partial charge in [0.05, 0.1) is 0 Å². The molecule has 0 N–H and O–H groups in total. The van der Waals surface area contributed by atoms with Crippen LogP contribution in [0.4, 0.5) is 0 Å². The van der Waals surface area contributed by atoms with E-state index >= 15 is 0 Å². The van der Waals surface area contributed by atoms with E-state index in [0.29, 0.717) is 0 Å². The number of hydrogen-bond acceptors (Lipinski definition) is 0. The summed E-state index contributed by atoms with van der Waals surface area (Å²) in [6.45, 7) is 0. The van der Waals surface area contributed by atoms with Crippen LogP contribution < -0.4 is 0 Å². The molecule has 0 saturated heterocycles. The van der Waals surface area contributed by atoms with Gasteiger partial charge in [0.25, 0.3) is 0 Å². The minimum atomic E-state index is 1.01. The maximum atomic E-state index is 3.23. The molecule has 0 aliphatic heterocycles. The van der Waals surface area contributed by atoms with Crippen LogP contribution in [0.3, 0.4) is 0 Å². The number of rotatable bonds is 0. The van der Waals surface area contributed by atoms with Gasteiger partial charge in [-0.15, -0.1) is 11.8 Å². The molecule has 2 unspecified atom stereocenters. The van der Waals surface area contributed by atoms with Crippen LogP contribution in [0.5, 0.6) is 0 Å². The molecule has 0 amide bonds. The van der Waals surface area contributed by atoms with Crippen molar-refractivity contribution in [1.29, 1.82) is 0 Å². The smallest absolute Gasteiger partial charge is 0.0120 e. The number of hydrogen-bond donors (Lipinski definition) is 0. The van der Waals surface area contributed by atoms with Crippen molar-refractivity contribution in [3.05, 3.63) is 0 Å². The maximum absolute atomic E-state index is 3.23. The lowest BCUT2D eigenvalue weighted by Gasteiger charge is -1.96. The van der Waals surface area contributed by atoms with Gasteiger partial charge in [0, 0.05) is 12.8 Å². The van der Waals surface area contributed by atoms with Crippen LogP contribution in [-0.4, -0.2) is 0 Å². The zero-order valence-corrected chi connectivity index (χ0v) is 5.69. The highest BCUT2D eigenvalue weighted by Gasteiger charge is 2.35. The third kappa shape index (κ3) is 1.10. The molecule has 0 bridgehead atoms. The first-order chi connectivity index (χ1) is 4.47. The molecule has 0 spiro atoms. The second kappa shape index (κ2) is 2.06. The largest absolute Gasteiger partial charge is 0.103 e. The Balaban J connectivity index is 1.97. The molecule has 1 fully saturated rings. The number of fused-ring (bicyclic) bond motifs is 1. The van der Waals surface area contributed by atoms with E-state index in [1.807, 2.05) is 0 Å². The average molecular weight is 120 g/mol. The van der Waals surface area contributed by atoms with Crippen molar-refractivity contribution >= 4 is 0 Å². The van der Waals surface area contributed by atoms with Crippen molar-refractivity contribution in [1.82, 2.24) is 0 Å². The van der Waals surface area contributed by atoms with Gasteiger partial charge in [0.15, 0.2) is 0 Å². The Morgan fingerprint density at radius 3 is 3.11 bits per heavy atom. The van der Waals surface area contributed by atoms with Gasteiger partial charge in [0.2, 0.25) is 0 Å². The van der Waals surface area contributed by atoms with Gasteiger partial charge in [-0.2, -0.15) is 0 Å². The molecule has 0 aromatic heterocycles. The van der Waals surface area contributed by atoms with Gasteiger partial charge in [0.1, 0.15) is 0 Å². The van der Waals surface area contributed by atoms with E-state index in [1.165, 1.54) is 25.7 Å².